The Morgan fingerprint density at radius 1 is 1.30 bits per heavy atom. The van der Waals surface area contributed by atoms with Crippen LogP contribution in [0.15, 0.2) is 58.0 Å². The van der Waals surface area contributed by atoms with Crippen LogP contribution in [-0.4, -0.2) is 33.4 Å². The van der Waals surface area contributed by atoms with Gasteiger partial charge in [0.2, 0.25) is 0 Å². The zero-order chi connectivity index (χ0) is 19.4. The topological polar surface area (TPSA) is 97.4 Å². The largest absolute Gasteiger partial charge is 0.389 e. The normalized spacial score (nSPS) is 12.0. The van der Waals surface area contributed by atoms with E-state index in [4.69, 9.17) is 16.1 Å². The van der Waals surface area contributed by atoms with Crippen molar-refractivity contribution in [3.8, 4) is 11.3 Å². The van der Waals surface area contributed by atoms with Crippen molar-refractivity contribution >= 4 is 17.5 Å². The van der Waals surface area contributed by atoms with Crippen molar-refractivity contribution in [1.29, 1.82) is 0 Å². The molecule has 0 fully saturated rings. The van der Waals surface area contributed by atoms with Gasteiger partial charge in [0, 0.05) is 24.4 Å². The number of carbonyl (C=O) groups excluding carboxylic acids is 1. The Kier molecular flexibility index (Phi) is 5.73. The van der Waals surface area contributed by atoms with Crippen molar-refractivity contribution in [2.24, 2.45) is 0 Å². The van der Waals surface area contributed by atoms with Crippen LogP contribution in [0.4, 0.5) is 0 Å². The number of nitrogens with zero attached hydrogens (tertiary/aromatic N) is 2. The van der Waals surface area contributed by atoms with E-state index in [1.165, 1.54) is 10.6 Å². The van der Waals surface area contributed by atoms with Crippen molar-refractivity contribution in [3.05, 3.63) is 75.4 Å². The lowest BCUT2D eigenvalue weighted by Crippen LogP contribution is -2.36. The number of pyridine rings is 1. The molecule has 3 rings (SSSR count). The number of hydrogen-bond donors (Lipinski definition) is 2. The number of hydrogen-bond acceptors (Lipinski definition) is 5. The second-order valence-electron chi connectivity index (χ2n) is 6.00. The van der Waals surface area contributed by atoms with Gasteiger partial charge in [0.25, 0.3) is 11.5 Å². The van der Waals surface area contributed by atoms with Gasteiger partial charge in [-0.05, 0) is 19.1 Å². The minimum Gasteiger partial charge on any atom is -0.389 e. The highest BCUT2D eigenvalue weighted by Gasteiger charge is 2.23. The van der Waals surface area contributed by atoms with Gasteiger partial charge in [0.1, 0.15) is 17.0 Å². The molecule has 3 aromatic rings. The van der Waals surface area contributed by atoms with Gasteiger partial charge in [0.15, 0.2) is 0 Å². The summed E-state index contributed by atoms with van der Waals surface area (Å²) in [5, 5.41) is 17.2. The Bertz CT molecular complexity index is 1010. The van der Waals surface area contributed by atoms with E-state index in [0.717, 1.165) is 0 Å². The first-order valence-electron chi connectivity index (χ1n) is 8.30. The Balaban J connectivity index is 1.72. The summed E-state index contributed by atoms with van der Waals surface area (Å²) in [6.45, 7) is 1.66. The SMILES string of the molecule is Cc1onc(-c2ccccc2Cl)c1C(=O)NCC(O)Cn1ccccc1=O. The van der Waals surface area contributed by atoms with Crippen LogP contribution in [0.1, 0.15) is 16.1 Å². The maximum absolute atomic E-state index is 12.6. The molecule has 0 saturated carbocycles. The van der Waals surface area contributed by atoms with E-state index in [0.29, 0.717) is 22.0 Å². The average molecular weight is 388 g/mol. The van der Waals surface area contributed by atoms with Crippen LogP contribution in [0.5, 0.6) is 0 Å². The molecule has 1 aromatic carbocycles. The maximum atomic E-state index is 12.6. The second kappa shape index (κ2) is 8.20. The van der Waals surface area contributed by atoms with Crippen molar-refractivity contribution in [1.82, 2.24) is 15.0 Å². The molecular formula is C19H18ClN3O4. The fraction of sp³-hybridized carbons (Fsp3) is 0.211. The molecule has 1 amide bonds. The lowest BCUT2D eigenvalue weighted by molar-refractivity contribution is 0.0902. The van der Waals surface area contributed by atoms with Crippen LogP contribution >= 0.6 is 11.6 Å². The first kappa shape index (κ1) is 18.9. The standard InChI is InChI=1S/C19H18ClN3O4/c1-12-17(18(22-27-12)14-6-2-3-7-15(14)20)19(26)21-10-13(24)11-23-9-5-4-8-16(23)25/h2-9,13,24H,10-11H2,1H3,(H,21,26). The Hall–Kier alpha value is -2.90. The molecule has 2 aromatic heterocycles. The second-order valence-corrected chi connectivity index (χ2v) is 6.40. The van der Waals surface area contributed by atoms with E-state index >= 15 is 0 Å². The van der Waals surface area contributed by atoms with Crippen molar-refractivity contribution in [3.63, 3.8) is 0 Å². The molecule has 0 aliphatic carbocycles. The number of carbonyl (C=O) groups is 1. The highest BCUT2D eigenvalue weighted by atomic mass is 35.5. The average Bonchev–Trinajstić information content (AvgIpc) is 3.03. The number of amides is 1. The molecule has 0 bridgehead atoms. The van der Waals surface area contributed by atoms with Crippen LogP contribution in [0.25, 0.3) is 11.3 Å². The van der Waals surface area contributed by atoms with Gasteiger partial charge in [0.05, 0.1) is 17.7 Å². The van der Waals surface area contributed by atoms with Crippen LogP contribution < -0.4 is 10.9 Å². The number of benzene rings is 1. The molecule has 7 nitrogen and oxygen atoms in total. The van der Waals surface area contributed by atoms with Crippen LogP contribution in [-0.2, 0) is 6.54 Å². The van der Waals surface area contributed by atoms with Crippen molar-refractivity contribution in [2.75, 3.05) is 6.54 Å². The molecule has 0 saturated heterocycles. The van der Waals surface area contributed by atoms with Gasteiger partial charge in [-0.2, -0.15) is 0 Å². The maximum Gasteiger partial charge on any atom is 0.257 e. The predicted molar refractivity (Wildman–Crippen MR) is 101 cm³/mol. The summed E-state index contributed by atoms with van der Waals surface area (Å²) in [7, 11) is 0. The number of aromatic nitrogens is 2. The summed E-state index contributed by atoms with van der Waals surface area (Å²) in [5.41, 5.74) is 0.952. The molecule has 2 heterocycles. The zero-order valence-corrected chi connectivity index (χ0v) is 15.3. The number of nitrogens with one attached hydrogen (secondary N) is 1. The van der Waals surface area contributed by atoms with E-state index in [2.05, 4.69) is 10.5 Å². The van der Waals surface area contributed by atoms with Gasteiger partial charge in [-0.1, -0.05) is 41.0 Å². The molecule has 0 radical (unpaired) electrons. The molecular weight excluding hydrogens is 370 g/mol. The Morgan fingerprint density at radius 3 is 2.78 bits per heavy atom. The van der Waals surface area contributed by atoms with E-state index in [9.17, 15) is 14.7 Å². The van der Waals surface area contributed by atoms with Gasteiger partial charge in [-0.15, -0.1) is 0 Å². The van der Waals surface area contributed by atoms with E-state index in [1.54, 1.807) is 49.5 Å². The van der Waals surface area contributed by atoms with Crippen molar-refractivity contribution < 1.29 is 14.4 Å². The molecule has 0 aliphatic rings. The lowest BCUT2D eigenvalue weighted by atomic mass is 10.1. The van der Waals surface area contributed by atoms with Crippen molar-refractivity contribution in [2.45, 2.75) is 19.6 Å². The smallest absolute Gasteiger partial charge is 0.257 e. The molecule has 0 spiro atoms. The van der Waals surface area contributed by atoms with Gasteiger partial charge in [-0.3, -0.25) is 9.59 Å². The summed E-state index contributed by atoms with van der Waals surface area (Å²) in [6, 6.07) is 11.7. The molecule has 1 unspecified atom stereocenters. The fourth-order valence-electron chi connectivity index (χ4n) is 2.68. The summed E-state index contributed by atoms with van der Waals surface area (Å²) in [5.74, 6) is -0.0979. The molecule has 0 aliphatic heterocycles. The number of aryl methyl sites for hydroxylation is 1. The summed E-state index contributed by atoms with van der Waals surface area (Å²) in [6.07, 6.45) is 0.644. The quantitative estimate of drug-likeness (QED) is 0.676. The molecule has 27 heavy (non-hydrogen) atoms. The predicted octanol–water partition coefficient (Wildman–Crippen LogP) is 2.26. The van der Waals surface area contributed by atoms with Gasteiger partial charge < -0.3 is 19.5 Å². The van der Waals surface area contributed by atoms with Crippen LogP contribution in [0.2, 0.25) is 5.02 Å². The number of halogens is 1. The monoisotopic (exact) mass is 387 g/mol. The Labute approximate surface area is 160 Å². The Morgan fingerprint density at radius 2 is 2.04 bits per heavy atom. The van der Waals surface area contributed by atoms with E-state index in [1.807, 2.05) is 0 Å². The molecule has 140 valence electrons. The summed E-state index contributed by atoms with van der Waals surface area (Å²) >= 11 is 6.19. The third-order valence-corrected chi connectivity index (χ3v) is 4.35. The fourth-order valence-corrected chi connectivity index (χ4v) is 2.90. The van der Waals surface area contributed by atoms with Crippen LogP contribution in [0.3, 0.4) is 0 Å². The molecule has 1 atom stereocenters. The lowest BCUT2D eigenvalue weighted by Gasteiger charge is -2.13. The van der Waals surface area contributed by atoms with Gasteiger partial charge in [-0.25, -0.2) is 0 Å². The first-order valence-corrected chi connectivity index (χ1v) is 8.68. The van der Waals surface area contributed by atoms with Gasteiger partial charge >= 0.3 is 0 Å². The zero-order valence-electron chi connectivity index (χ0n) is 14.6. The first-order chi connectivity index (χ1) is 13.0. The summed E-state index contributed by atoms with van der Waals surface area (Å²) < 4.78 is 6.54. The molecule has 2 N–H and O–H groups in total. The third kappa shape index (κ3) is 4.27. The minimum absolute atomic E-state index is 0.0350. The number of aliphatic hydroxyl groups excluding tert-OH is 1. The third-order valence-electron chi connectivity index (χ3n) is 4.02. The summed E-state index contributed by atoms with van der Waals surface area (Å²) in [4.78, 5) is 24.3. The molecule has 8 heteroatoms. The highest BCUT2D eigenvalue weighted by molar-refractivity contribution is 6.33. The number of rotatable bonds is 6. The highest BCUT2D eigenvalue weighted by Crippen LogP contribution is 2.30. The van der Waals surface area contributed by atoms with E-state index in [-0.39, 0.29) is 24.2 Å². The van der Waals surface area contributed by atoms with Crippen LogP contribution in [0, 0.1) is 6.92 Å². The minimum atomic E-state index is -0.932. The number of aliphatic hydroxyl groups is 1. The van der Waals surface area contributed by atoms with E-state index < -0.39 is 12.0 Å².